The van der Waals surface area contributed by atoms with Gasteiger partial charge in [0, 0.05) is 13.8 Å². The molecule has 4 aliphatic heterocycles. The van der Waals surface area contributed by atoms with Crippen molar-refractivity contribution < 1.29 is 98.9 Å². The van der Waals surface area contributed by atoms with E-state index in [1.165, 1.54) is 6.92 Å². The molecule has 51 heavy (non-hydrogen) atoms. The topological polar surface area (TPSA) is 345 Å². The molecule has 22 nitrogen and oxygen atoms in total. The fraction of sp³-hybridized carbons (Fsp3) is 0.931. The van der Waals surface area contributed by atoms with Crippen LogP contribution in [0.1, 0.15) is 20.8 Å². The molecular weight excluding hydrogens is 696 g/mol. The van der Waals surface area contributed by atoms with Gasteiger partial charge in [-0.1, -0.05) is 0 Å². The van der Waals surface area contributed by atoms with Crippen LogP contribution in [0.5, 0.6) is 0 Å². The van der Waals surface area contributed by atoms with Gasteiger partial charge in [0.15, 0.2) is 18.9 Å². The van der Waals surface area contributed by atoms with E-state index in [4.69, 9.17) is 33.2 Å². The van der Waals surface area contributed by atoms with E-state index in [0.717, 1.165) is 6.92 Å². The summed E-state index contributed by atoms with van der Waals surface area (Å²) in [5, 5.41) is 120. The maximum atomic E-state index is 12.3. The van der Waals surface area contributed by atoms with Crippen LogP contribution >= 0.6 is 0 Å². The van der Waals surface area contributed by atoms with Crippen LogP contribution in [0.25, 0.3) is 0 Å². The van der Waals surface area contributed by atoms with E-state index in [0.29, 0.717) is 0 Å². The van der Waals surface area contributed by atoms with Crippen molar-refractivity contribution in [1.82, 2.24) is 10.6 Å². The van der Waals surface area contributed by atoms with Gasteiger partial charge >= 0.3 is 0 Å². The Kier molecular flexibility index (Phi) is 14.8. The summed E-state index contributed by atoms with van der Waals surface area (Å²) in [5.41, 5.74) is 0. The van der Waals surface area contributed by atoms with Crippen molar-refractivity contribution in [3.05, 3.63) is 0 Å². The quantitative estimate of drug-likeness (QED) is 0.0881. The third-order valence-corrected chi connectivity index (χ3v) is 9.28. The molecule has 0 saturated carbocycles. The normalized spacial score (nSPS) is 47.8. The zero-order valence-electron chi connectivity index (χ0n) is 28.0. The average Bonchev–Trinajstić information content (AvgIpc) is 3.09. The van der Waals surface area contributed by atoms with E-state index in [2.05, 4.69) is 10.6 Å². The molecule has 20 atom stereocenters. The van der Waals surface area contributed by atoms with Crippen LogP contribution in [-0.4, -0.2) is 217 Å². The molecule has 0 aromatic rings. The number of carbonyl (C=O) groups is 2. The van der Waals surface area contributed by atoms with Crippen molar-refractivity contribution in [3.63, 3.8) is 0 Å². The standard InChI is InChI=1S/C29H50N2O20/c1-8-15(30-9(2)36)19(40)24(13(6-34)45-8)49-27-16(31-10(3)37)20(41)25(14(7-35)48-27)50-29-23(44)26(18(39)12(5-33)47-29)51-28-22(43)21(42)17(38)11(4-32)46-28/h8,11-29,32-35,38-44H,4-7H2,1-3H3,(H,30,36)(H,31,37)/t8-,11+,12?,13?,14?,15+,16-,17+,18+,19?,20?,21?,22?,23?,24+,25+,26?,27-,28+,29-/m0/s1. The van der Waals surface area contributed by atoms with Gasteiger partial charge in [0.25, 0.3) is 0 Å². The summed E-state index contributed by atoms with van der Waals surface area (Å²) in [6, 6.07) is -2.54. The molecule has 4 heterocycles. The minimum Gasteiger partial charge on any atom is -0.394 e. The molecule has 2 amide bonds. The number of rotatable bonds is 12. The van der Waals surface area contributed by atoms with E-state index < -0.39 is 161 Å². The first-order chi connectivity index (χ1) is 24.1. The fourth-order valence-electron chi connectivity index (χ4n) is 6.60. The first kappa shape index (κ1) is 42.0. The van der Waals surface area contributed by atoms with Gasteiger partial charge in [0.2, 0.25) is 11.8 Å². The molecule has 4 saturated heterocycles. The fourth-order valence-corrected chi connectivity index (χ4v) is 6.60. The van der Waals surface area contributed by atoms with E-state index in [9.17, 15) is 65.8 Å². The summed E-state index contributed by atoms with van der Waals surface area (Å²) < 4.78 is 39.8. The molecule has 0 aliphatic carbocycles. The predicted molar refractivity (Wildman–Crippen MR) is 161 cm³/mol. The minimum absolute atomic E-state index is 0.500. The lowest BCUT2D eigenvalue weighted by Crippen LogP contribution is -2.70. The van der Waals surface area contributed by atoms with Gasteiger partial charge in [-0.15, -0.1) is 0 Å². The molecule has 0 bridgehead atoms. The van der Waals surface area contributed by atoms with Crippen molar-refractivity contribution in [1.29, 1.82) is 0 Å². The number of hydrogen-bond donors (Lipinski definition) is 13. The highest BCUT2D eigenvalue weighted by atomic mass is 16.8. The Morgan fingerprint density at radius 2 is 0.902 bits per heavy atom. The summed E-state index contributed by atoms with van der Waals surface area (Å²) in [5.74, 6) is -1.20. The number of nitrogens with one attached hydrogen (secondary N) is 2. The number of aliphatic hydroxyl groups excluding tert-OH is 11. The number of aliphatic hydroxyl groups is 11. The minimum atomic E-state index is -2.01. The first-order valence-corrected chi connectivity index (χ1v) is 16.4. The molecule has 296 valence electrons. The molecule has 0 aromatic carbocycles. The van der Waals surface area contributed by atoms with E-state index in [1.807, 2.05) is 0 Å². The summed E-state index contributed by atoms with van der Waals surface area (Å²) in [4.78, 5) is 24.0. The van der Waals surface area contributed by atoms with Gasteiger partial charge in [0.1, 0.15) is 91.5 Å². The zero-order chi connectivity index (χ0) is 37.9. The molecule has 4 rings (SSSR count). The second-order valence-electron chi connectivity index (χ2n) is 12.9. The zero-order valence-corrected chi connectivity index (χ0v) is 28.0. The lowest BCUT2D eigenvalue weighted by atomic mass is 9.92. The maximum absolute atomic E-state index is 12.3. The largest absolute Gasteiger partial charge is 0.394 e. The summed E-state index contributed by atoms with van der Waals surface area (Å²) in [6.07, 6.45) is -29.4. The lowest BCUT2D eigenvalue weighted by molar-refractivity contribution is -0.378. The highest BCUT2D eigenvalue weighted by molar-refractivity contribution is 5.73. The molecule has 22 heteroatoms. The molecular formula is C29H50N2O20. The van der Waals surface area contributed by atoms with Crippen LogP contribution in [-0.2, 0) is 42.7 Å². The Morgan fingerprint density at radius 1 is 0.490 bits per heavy atom. The monoisotopic (exact) mass is 746 g/mol. The number of amides is 2. The Morgan fingerprint density at radius 3 is 1.43 bits per heavy atom. The van der Waals surface area contributed by atoms with Gasteiger partial charge in [-0.3, -0.25) is 9.59 Å². The summed E-state index contributed by atoms with van der Waals surface area (Å²) in [7, 11) is 0. The molecule has 0 aromatic heterocycles. The van der Waals surface area contributed by atoms with E-state index >= 15 is 0 Å². The van der Waals surface area contributed by atoms with Crippen LogP contribution in [0.15, 0.2) is 0 Å². The van der Waals surface area contributed by atoms with Crippen LogP contribution in [0.2, 0.25) is 0 Å². The molecule has 0 radical (unpaired) electrons. The highest BCUT2D eigenvalue weighted by Crippen LogP contribution is 2.34. The maximum Gasteiger partial charge on any atom is 0.217 e. The Labute approximate surface area is 291 Å². The van der Waals surface area contributed by atoms with Crippen LogP contribution in [0.4, 0.5) is 0 Å². The average molecular weight is 747 g/mol. The van der Waals surface area contributed by atoms with Crippen molar-refractivity contribution in [2.45, 2.75) is 143 Å². The molecule has 4 fully saturated rings. The van der Waals surface area contributed by atoms with Gasteiger partial charge in [-0.05, 0) is 6.92 Å². The Bertz CT molecular complexity index is 1140. The van der Waals surface area contributed by atoms with Crippen LogP contribution < -0.4 is 10.6 Å². The van der Waals surface area contributed by atoms with Gasteiger partial charge in [-0.2, -0.15) is 0 Å². The number of hydrogen-bond acceptors (Lipinski definition) is 20. The van der Waals surface area contributed by atoms with Gasteiger partial charge < -0.3 is 100.0 Å². The van der Waals surface area contributed by atoms with Gasteiger partial charge in [0.05, 0.1) is 38.6 Å². The number of carbonyl (C=O) groups excluding carboxylic acids is 2. The summed E-state index contributed by atoms with van der Waals surface area (Å²) >= 11 is 0. The second-order valence-corrected chi connectivity index (χ2v) is 12.9. The molecule has 0 spiro atoms. The molecule has 13 N–H and O–H groups in total. The van der Waals surface area contributed by atoms with Crippen LogP contribution in [0, 0.1) is 0 Å². The van der Waals surface area contributed by atoms with Crippen molar-refractivity contribution in [2.24, 2.45) is 0 Å². The third kappa shape index (κ3) is 9.13. The van der Waals surface area contributed by atoms with Crippen molar-refractivity contribution in [3.8, 4) is 0 Å². The molecule has 4 aliphatic rings. The number of ether oxygens (including phenoxy) is 7. The first-order valence-electron chi connectivity index (χ1n) is 16.4. The van der Waals surface area contributed by atoms with E-state index in [1.54, 1.807) is 6.92 Å². The predicted octanol–water partition coefficient (Wildman–Crippen LogP) is -8.39. The SMILES string of the molecule is CC(=O)N[C@H]1C(O)[C@H](O[C@@H]2OC(CO)[C@@H](O)C(O[C@H]3O[C@H](CO)[C@@H](O)C(O)C3O)C2O)C(CO)O[C@H]1O[C@@H]1C(CO)O[C@@H](C)[C@@H](NC(C)=O)C1O. The molecule has 9 unspecified atom stereocenters. The highest BCUT2D eigenvalue weighted by Gasteiger charge is 2.55. The summed E-state index contributed by atoms with van der Waals surface area (Å²) in [6.45, 7) is 0.642. The smallest absolute Gasteiger partial charge is 0.217 e. The second kappa shape index (κ2) is 18.0. The van der Waals surface area contributed by atoms with Crippen molar-refractivity contribution >= 4 is 11.8 Å². The van der Waals surface area contributed by atoms with Gasteiger partial charge in [-0.25, -0.2) is 0 Å². The lowest BCUT2D eigenvalue weighted by Gasteiger charge is -2.50. The van der Waals surface area contributed by atoms with Crippen molar-refractivity contribution in [2.75, 3.05) is 26.4 Å². The van der Waals surface area contributed by atoms with Crippen LogP contribution in [0.3, 0.4) is 0 Å². The Balaban J connectivity index is 1.56. The van der Waals surface area contributed by atoms with E-state index in [-0.39, 0.29) is 0 Å². The third-order valence-electron chi connectivity index (χ3n) is 9.28. The Hall–Kier alpha value is -1.78.